The van der Waals surface area contributed by atoms with Gasteiger partial charge in [0.2, 0.25) is 5.91 Å². The number of carbonyl (C=O) groups excluding carboxylic acids is 2. The van der Waals surface area contributed by atoms with Crippen molar-refractivity contribution in [3.63, 3.8) is 0 Å². The Balaban J connectivity index is 1.47. The minimum Gasteiger partial charge on any atom is -0.444 e. The lowest BCUT2D eigenvalue weighted by molar-refractivity contribution is -0.144. The zero-order valence-corrected chi connectivity index (χ0v) is 17.8. The fraction of sp³-hybridized carbons (Fsp3) is 0.591. The van der Waals surface area contributed by atoms with Crippen molar-refractivity contribution in [2.24, 2.45) is 0 Å². The predicted octanol–water partition coefficient (Wildman–Crippen LogP) is 3.17. The molecule has 2 saturated heterocycles. The number of para-hydroxylation sites is 2. The van der Waals surface area contributed by atoms with Gasteiger partial charge >= 0.3 is 6.09 Å². The lowest BCUT2D eigenvalue weighted by Crippen LogP contribution is -2.58. The number of rotatable bonds is 2. The Hall–Kier alpha value is -2.61. The first kappa shape index (κ1) is 20.7. The van der Waals surface area contributed by atoms with Crippen molar-refractivity contribution in [2.45, 2.75) is 51.2 Å². The maximum atomic E-state index is 13.3. The quantitative estimate of drug-likeness (QED) is 0.749. The van der Waals surface area contributed by atoms with Gasteiger partial charge in [-0.25, -0.2) is 9.78 Å². The van der Waals surface area contributed by atoms with E-state index >= 15 is 0 Å². The van der Waals surface area contributed by atoms with Crippen LogP contribution in [0.1, 0.15) is 45.4 Å². The van der Waals surface area contributed by atoms with Gasteiger partial charge in [-0.3, -0.25) is 9.69 Å². The molecule has 30 heavy (non-hydrogen) atoms. The van der Waals surface area contributed by atoms with Crippen LogP contribution in [0.2, 0.25) is 0 Å². The summed E-state index contributed by atoms with van der Waals surface area (Å²) in [5.74, 6) is 0.591. The lowest BCUT2D eigenvalue weighted by Gasteiger charge is -2.40. The Morgan fingerprint density at radius 2 is 2.00 bits per heavy atom. The van der Waals surface area contributed by atoms with Crippen molar-refractivity contribution in [3.8, 4) is 0 Å². The van der Waals surface area contributed by atoms with Crippen LogP contribution >= 0.6 is 0 Å². The van der Waals surface area contributed by atoms with Gasteiger partial charge < -0.3 is 18.8 Å². The second kappa shape index (κ2) is 8.26. The molecule has 2 aromatic rings. The first-order valence-electron chi connectivity index (χ1n) is 10.5. The Kier molecular flexibility index (Phi) is 5.69. The molecular weight excluding hydrogens is 386 g/mol. The normalized spacial score (nSPS) is 22.9. The molecule has 0 unspecified atom stereocenters. The Morgan fingerprint density at radius 1 is 1.20 bits per heavy atom. The largest absolute Gasteiger partial charge is 0.444 e. The number of hydrogen-bond donors (Lipinski definition) is 0. The van der Waals surface area contributed by atoms with E-state index in [0.29, 0.717) is 32.1 Å². The highest BCUT2D eigenvalue weighted by atomic mass is 16.6. The number of fused-ring (bicyclic) bond motifs is 1. The minimum absolute atomic E-state index is 0.0367. The topological polar surface area (TPSA) is 85.1 Å². The van der Waals surface area contributed by atoms with Gasteiger partial charge in [-0.1, -0.05) is 12.1 Å². The smallest absolute Gasteiger partial charge is 0.411 e. The molecular formula is C22H29N3O5. The third kappa shape index (κ3) is 4.43. The fourth-order valence-corrected chi connectivity index (χ4v) is 4.00. The number of oxazole rings is 1. The van der Waals surface area contributed by atoms with Gasteiger partial charge in [-0.15, -0.1) is 0 Å². The summed E-state index contributed by atoms with van der Waals surface area (Å²) in [5.41, 5.74) is 0.965. The van der Waals surface area contributed by atoms with E-state index in [2.05, 4.69) is 4.98 Å². The Morgan fingerprint density at radius 3 is 2.77 bits per heavy atom. The maximum absolute atomic E-state index is 13.3. The molecule has 0 radical (unpaired) electrons. The molecule has 2 atom stereocenters. The van der Waals surface area contributed by atoms with E-state index in [1.165, 1.54) is 4.90 Å². The van der Waals surface area contributed by atoms with Gasteiger partial charge in [-0.2, -0.15) is 0 Å². The van der Waals surface area contributed by atoms with E-state index in [1.807, 2.05) is 45.0 Å². The average molecular weight is 415 g/mol. The molecule has 0 saturated carbocycles. The molecule has 0 N–H and O–H groups in total. The van der Waals surface area contributed by atoms with Gasteiger partial charge in [0.15, 0.2) is 11.5 Å². The molecule has 2 amide bonds. The summed E-state index contributed by atoms with van der Waals surface area (Å²) in [6.45, 7) is 7.54. The van der Waals surface area contributed by atoms with Crippen LogP contribution in [0, 0.1) is 0 Å². The molecule has 3 heterocycles. The van der Waals surface area contributed by atoms with Gasteiger partial charge in [0.05, 0.1) is 19.1 Å². The van der Waals surface area contributed by atoms with Crippen molar-refractivity contribution in [3.05, 3.63) is 30.2 Å². The van der Waals surface area contributed by atoms with Gasteiger partial charge in [-0.05, 0) is 45.7 Å². The molecule has 1 aromatic heterocycles. The standard InChI is InChI=1S/C22H29N3O5/c1-22(2,3)30-21(27)25-11-12-28-14-17(25)20(26)24-10-6-7-15(13-24)19-23-16-8-4-5-9-18(16)29-19/h4-5,8-9,15,17H,6-7,10-14H2,1-3H3/t15-,17+/m0/s1. The van der Waals surface area contributed by atoms with Crippen molar-refractivity contribution >= 4 is 23.1 Å². The molecule has 162 valence electrons. The molecule has 1 aromatic carbocycles. The second-order valence-electron chi connectivity index (χ2n) is 8.91. The third-order valence-corrected chi connectivity index (χ3v) is 5.43. The van der Waals surface area contributed by atoms with Crippen LogP contribution in [-0.4, -0.2) is 71.3 Å². The lowest BCUT2D eigenvalue weighted by atomic mass is 9.97. The average Bonchev–Trinajstić information content (AvgIpc) is 3.16. The van der Waals surface area contributed by atoms with Crippen LogP contribution in [0.3, 0.4) is 0 Å². The van der Waals surface area contributed by atoms with E-state index in [-0.39, 0.29) is 18.4 Å². The Bertz CT molecular complexity index is 886. The SMILES string of the molecule is CC(C)(C)OC(=O)N1CCOC[C@@H]1C(=O)N1CCC[C@H](c2nc3ccccc3o2)C1. The number of morpholine rings is 1. The summed E-state index contributed by atoms with van der Waals surface area (Å²) in [6, 6.07) is 7.00. The number of amides is 2. The van der Waals surface area contributed by atoms with Crippen molar-refractivity contribution in [1.29, 1.82) is 0 Å². The van der Waals surface area contributed by atoms with E-state index in [1.54, 1.807) is 4.90 Å². The number of piperidine rings is 1. The first-order chi connectivity index (χ1) is 14.3. The molecule has 8 nitrogen and oxygen atoms in total. The number of likely N-dealkylation sites (tertiary alicyclic amines) is 1. The van der Waals surface area contributed by atoms with Gasteiger partial charge in [0.25, 0.3) is 0 Å². The highest BCUT2D eigenvalue weighted by molar-refractivity contribution is 5.86. The monoisotopic (exact) mass is 415 g/mol. The molecule has 2 aliphatic rings. The van der Waals surface area contributed by atoms with Crippen LogP contribution in [0.5, 0.6) is 0 Å². The predicted molar refractivity (Wildman–Crippen MR) is 110 cm³/mol. The van der Waals surface area contributed by atoms with E-state index in [0.717, 1.165) is 23.9 Å². The second-order valence-corrected chi connectivity index (χ2v) is 8.91. The van der Waals surface area contributed by atoms with Crippen molar-refractivity contribution in [1.82, 2.24) is 14.8 Å². The summed E-state index contributed by atoms with van der Waals surface area (Å²) in [5, 5.41) is 0. The van der Waals surface area contributed by atoms with Crippen LogP contribution in [0.4, 0.5) is 4.79 Å². The summed E-state index contributed by atoms with van der Waals surface area (Å²) in [7, 11) is 0. The number of carbonyl (C=O) groups is 2. The number of ether oxygens (including phenoxy) is 2. The molecule has 2 aliphatic heterocycles. The van der Waals surface area contributed by atoms with E-state index in [9.17, 15) is 9.59 Å². The zero-order valence-electron chi connectivity index (χ0n) is 17.8. The molecule has 0 aliphatic carbocycles. The number of benzene rings is 1. The number of nitrogens with zero attached hydrogens (tertiary/aromatic N) is 3. The highest BCUT2D eigenvalue weighted by Gasteiger charge is 2.39. The first-order valence-corrected chi connectivity index (χ1v) is 10.5. The summed E-state index contributed by atoms with van der Waals surface area (Å²) < 4.78 is 17.0. The molecule has 2 fully saturated rings. The van der Waals surface area contributed by atoms with Crippen LogP contribution in [0.25, 0.3) is 11.1 Å². The highest BCUT2D eigenvalue weighted by Crippen LogP contribution is 2.30. The summed E-state index contributed by atoms with van der Waals surface area (Å²) in [4.78, 5) is 33.9. The van der Waals surface area contributed by atoms with Crippen LogP contribution in [-0.2, 0) is 14.3 Å². The van der Waals surface area contributed by atoms with Gasteiger partial charge in [0, 0.05) is 19.6 Å². The van der Waals surface area contributed by atoms with Crippen LogP contribution in [0.15, 0.2) is 28.7 Å². The summed E-state index contributed by atoms with van der Waals surface area (Å²) in [6.07, 6.45) is 1.29. The number of hydrogen-bond acceptors (Lipinski definition) is 6. The molecule has 0 bridgehead atoms. The van der Waals surface area contributed by atoms with Gasteiger partial charge in [0.1, 0.15) is 17.2 Å². The van der Waals surface area contributed by atoms with E-state index in [4.69, 9.17) is 13.9 Å². The molecule has 4 rings (SSSR count). The van der Waals surface area contributed by atoms with E-state index < -0.39 is 17.7 Å². The van der Waals surface area contributed by atoms with Crippen molar-refractivity contribution in [2.75, 3.05) is 32.8 Å². The third-order valence-electron chi connectivity index (χ3n) is 5.43. The molecule has 8 heteroatoms. The fourth-order valence-electron chi connectivity index (χ4n) is 4.00. The number of aromatic nitrogens is 1. The Labute approximate surface area is 176 Å². The summed E-state index contributed by atoms with van der Waals surface area (Å²) >= 11 is 0. The van der Waals surface area contributed by atoms with Crippen molar-refractivity contribution < 1.29 is 23.5 Å². The van der Waals surface area contributed by atoms with Crippen LogP contribution < -0.4 is 0 Å². The minimum atomic E-state index is -0.670. The zero-order chi connectivity index (χ0) is 21.3. The molecule has 0 spiro atoms. The maximum Gasteiger partial charge on any atom is 0.411 e.